The number of aliphatic hydroxyl groups is 10. The van der Waals surface area contributed by atoms with Crippen molar-refractivity contribution < 1.29 is 98.6 Å². The maximum Gasteiger partial charge on any atom is 0.364 e. The topological polar surface area (TPSA) is 354 Å². The minimum atomic E-state index is -3.01. The molecule has 1 aromatic heterocycles. The van der Waals surface area contributed by atoms with Crippen LogP contribution in [0.4, 0.5) is 0 Å². The summed E-state index contributed by atoms with van der Waals surface area (Å²) in [5, 5.41) is 119. The second-order valence-electron chi connectivity index (χ2n) is 13.5. The van der Waals surface area contributed by atoms with Crippen LogP contribution in [0.3, 0.4) is 0 Å². The molecule has 22 nitrogen and oxygen atoms in total. The van der Waals surface area contributed by atoms with Gasteiger partial charge >= 0.3 is 11.6 Å². The van der Waals surface area contributed by atoms with E-state index in [-0.39, 0.29) is 11.3 Å². The first-order valence-electron chi connectivity index (χ1n) is 17.1. The predicted octanol–water partition coefficient (Wildman–Crippen LogP) is -5.72. The Balaban J connectivity index is 1.32. The van der Waals surface area contributed by atoms with Crippen LogP contribution in [0.2, 0.25) is 0 Å². The average molecular weight is 792 g/mol. The molecular formula is C33H45NO21. The monoisotopic (exact) mass is 791 g/mol. The summed E-state index contributed by atoms with van der Waals surface area (Å²) >= 11 is 0. The number of hydrogen-bond acceptors (Lipinski definition) is 20. The lowest BCUT2D eigenvalue weighted by Crippen LogP contribution is -2.70. The summed E-state index contributed by atoms with van der Waals surface area (Å²) in [5.74, 6) is -5.66. The lowest BCUT2D eigenvalue weighted by atomic mass is 9.88. The van der Waals surface area contributed by atoms with Gasteiger partial charge in [0.25, 0.3) is 5.79 Å². The SMILES string of the molecule is CC(=O)N[C@H]1[C@H]([C@H](O)[C@H](O)CO)O[C@@](O[C@@H]2[C@H](O)[C@@H](O)[C@H](O[C@H]3[C@H](O)[C@@H](O)[C@H](Oc4ccc5c(C)cc(=O)oc5c4)O[C@@H]3CO)O[C@@H]2CO)(C(=O)O)C[C@@H]1O. The fourth-order valence-electron chi connectivity index (χ4n) is 6.76. The Kier molecular flexibility index (Phi) is 13.5. The number of aryl methyl sites for hydroxylation is 1. The van der Waals surface area contributed by atoms with Gasteiger partial charge in [-0.05, 0) is 24.6 Å². The molecule has 22 heteroatoms. The minimum Gasteiger partial charge on any atom is -0.477 e. The molecule has 1 amide bonds. The third-order valence-corrected chi connectivity index (χ3v) is 9.62. The number of aliphatic carboxylic acids is 1. The maximum atomic E-state index is 12.7. The number of hydrogen-bond donors (Lipinski definition) is 12. The van der Waals surface area contributed by atoms with E-state index >= 15 is 0 Å². The molecule has 2 aromatic rings. The van der Waals surface area contributed by atoms with Gasteiger partial charge in [-0.1, -0.05) is 0 Å². The van der Waals surface area contributed by atoms with E-state index in [2.05, 4.69) is 5.32 Å². The first-order valence-corrected chi connectivity index (χ1v) is 17.1. The normalized spacial score (nSPS) is 37.9. The van der Waals surface area contributed by atoms with Crippen molar-refractivity contribution in [3.63, 3.8) is 0 Å². The van der Waals surface area contributed by atoms with Crippen LogP contribution in [0.5, 0.6) is 5.75 Å². The van der Waals surface area contributed by atoms with Gasteiger partial charge < -0.3 is 94.3 Å². The summed E-state index contributed by atoms with van der Waals surface area (Å²) < 4.78 is 39.0. The molecule has 308 valence electrons. The van der Waals surface area contributed by atoms with Gasteiger partial charge in [0.15, 0.2) is 6.29 Å². The molecule has 1 aromatic carbocycles. The Morgan fingerprint density at radius 3 is 2.16 bits per heavy atom. The van der Waals surface area contributed by atoms with E-state index in [1.54, 1.807) is 13.0 Å². The second kappa shape index (κ2) is 17.4. The first kappa shape index (κ1) is 42.7. The summed E-state index contributed by atoms with van der Waals surface area (Å²) in [7, 11) is 0. The molecule has 0 bridgehead atoms. The molecule has 0 spiro atoms. The first-order chi connectivity index (χ1) is 25.9. The number of aliphatic hydroxyl groups excluding tert-OH is 10. The number of amides is 1. The number of carboxylic acid groups (broad SMARTS) is 1. The molecule has 3 saturated heterocycles. The average Bonchev–Trinajstić information content (AvgIpc) is 3.13. The number of rotatable bonds is 13. The maximum absolute atomic E-state index is 12.7. The van der Waals surface area contributed by atoms with E-state index in [9.17, 15) is 70.6 Å². The van der Waals surface area contributed by atoms with E-state index in [0.29, 0.717) is 10.9 Å². The molecule has 0 unspecified atom stereocenters. The fourth-order valence-corrected chi connectivity index (χ4v) is 6.76. The van der Waals surface area contributed by atoms with E-state index in [4.69, 9.17) is 32.8 Å². The van der Waals surface area contributed by atoms with E-state index in [0.717, 1.165) is 6.92 Å². The van der Waals surface area contributed by atoms with Crippen LogP contribution < -0.4 is 15.7 Å². The zero-order valence-electron chi connectivity index (χ0n) is 29.3. The standard InChI is InChI=1S/C33H45NO21/c1-11-5-20(41)50-17-6-13(3-4-14(11)17)49-30-25(45)23(43)27(18(9-36)51-30)53-31-26(46)24(44)28(19(10-37)52-31)54-33(32(47)48)7-15(39)21(34-12(2)38)29(55-33)22(42)16(40)8-35/h3-6,15-16,18-19,21-31,35-37,39-40,42-46H,7-10H2,1-2H3,(H,34,38)(H,47,48)/t15-,16+,18+,19+,21+,22+,23+,24+,25+,26+,27+,28-,29+,30+,31-,33+/m0/s1. The Hall–Kier alpha value is -3.43. The highest BCUT2D eigenvalue weighted by Crippen LogP contribution is 2.38. The molecule has 16 atom stereocenters. The van der Waals surface area contributed by atoms with Crippen molar-refractivity contribution in [1.29, 1.82) is 0 Å². The highest BCUT2D eigenvalue weighted by atomic mass is 16.8. The molecule has 0 aliphatic carbocycles. The van der Waals surface area contributed by atoms with Crippen molar-refractivity contribution in [2.75, 3.05) is 19.8 Å². The predicted molar refractivity (Wildman–Crippen MR) is 176 cm³/mol. The Morgan fingerprint density at radius 2 is 1.55 bits per heavy atom. The van der Waals surface area contributed by atoms with Gasteiger partial charge in [-0.15, -0.1) is 0 Å². The van der Waals surface area contributed by atoms with Crippen molar-refractivity contribution in [1.82, 2.24) is 5.32 Å². The van der Waals surface area contributed by atoms with Gasteiger partial charge in [0.05, 0.1) is 32.0 Å². The van der Waals surface area contributed by atoms with Crippen molar-refractivity contribution in [3.05, 3.63) is 40.2 Å². The summed E-state index contributed by atoms with van der Waals surface area (Å²) in [5.41, 5.74) is 0.167. The smallest absolute Gasteiger partial charge is 0.364 e. The van der Waals surface area contributed by atoms with Gasteiger partial charge in [0.1, 0.15) is 78.5 Å². The van der Waals surface area contributed by atoms with Gasteiger partial charge in [0.2, 0.25) is 12.2 Å². The molecule has 3 fully saturated rings. The Labute approximate surface area is 310 Å². The summed E-state index contributed by atoms with van der Waals surface area (Å²) in [6.45, 7) is -0.221. The van der Waals surface area contributed by atoms with Crippen molar-refractivity contribution >= 4 is 22.8 Å². The largest absolute Gasteiger partial charge is 0.477 e. The highest BCUT2D eigenvalue weighted by molar-refractivity contribution is 5.81. The van der Waals surface area contributed by atoms with Gasteiger partial charge in [-0.25, -0.2) is 9.59 Å². The molecule has 0 saturated carbocycles. The van der Waals surface area contributed by atoms with Crippen LogP contribution in [0, 0.1) is 6.92 Å². The third kappa shape index (κ3) is 8.78. The van der Waals surface area contributed by atoms with E-state index in [1.807, 2.05) is 0 Å². The zero-order valence-corrected chi connectivity index (χ0v) is 29.3. The Morgan fingerprint density at radius 1 is 0.927 bits per heavy atom. The number of carbonyl (C=O) groups is 2. The van der Waals surface area contributed by atoms with Crippen LogP contribution in [0.25, 0.3) is 11.0 Å². The number of nitrogens with one attached hydrogen (secondary N) is 1. The second-order valence-corrected chi connectivity index (χ2v) is 13.5. The molecule has 5 rings (SSSR count). The van der Waals surface area contributed by atoms with Crippen LogP contribution in [0.1, 0.15) is 18.9 Å². The van der Waals surface area contributed by atoms with Crippen LogP contribution in [-0.4, -0.2) is 186 Å². The Bertz CT molecular complexity index is 1700. The number of carboxylic acids is 1. The molecule has 55 heavy (non-hydrogen) atoms. The zero-order chi connectivity index (χ0) is 40.5. The number of carbonyl (C=O) groups excluding carboxylic acids is 1. The molecule has 12 N–H and O–H groups in total. The molecule has 4 heterocycles. The summed E-state index contributed by atoms with van der Waals surface area (Å²) in [4.78, 5) is 36.4. The molecule has 0 radical (unpaired) electrons. The van der Waals surface area contributed by atoms with E-state index in [1.165, 1.54) is 18.2 Å². The number of ether oxygens (including phenoxy) is 6. The van der Waals surface area contributed by atoms with Gasteiger partial charge in [0, 0.05) is 30.9 Å². The summed E-state index contributed by atoms with van der Waals surface area (Å²) in [6.07, 6.45) is -27.6. The van der Waals surface area contributed by atoms with Crippen LogP contribution in [0.15, 0.2) is 33.5 Å². The van der Waals surface area contributed by atoms with E-state index < -0.39 is 141 Å². The lowest BCUT2D eigenvalue weighted by Gasteiger charge is -2.50. The van der Waals surface area contributed by atoms with Crippen molar-refractivity contribution in [3.8, 4) is 5.75 Å². The van der Waals surface area contributed by atoms with Gasteiger partial charge in [-0.3, -0.25) is 4.79 Å². The molecule has 3 aliphatic heterocycles. The third-order valence-electron chi connectivity index (χ3n) is 9.62. The van der Waals surface area contributed by atoms with Crippen molar-refractivity contribution in [2.45, 2.75) is 118 Å². The quantitative estimate of drug-likeness (QED) is 0.0841. The van der Waals surface area contributed by atoms with Crippen molar-refractivity contribution in [2.24, 2.45) is 0 Å². The van der Waals surface area contributed by atoms with Gasteiger partial charge in [-0.2, -0.15) is 0 Å². The molecular weight excluding hydrogens is 746 g/mol. The molecule has 3 aliphatic rings. The number of fused-ring (bicyclic) bond motifs is 1. The minimum absolute atomic E-state index is 0.0455. The highest BCUT2D eigenvalue weighted by Gasteiger charge is 2.60. The van der Waals surface area contributed by atoms with Crippen LogP contribution >= 0.6 is 0 Å². The number of benzene rings is 1. The summed E-state index contributed by atoms with van der Waals surface area (Å²) in [6, 6.07) is 4.16. The van der Waals surface area contributed by atoms with Crippen LogP contribution in [-0.2, 0) is 33.3 Å². The fraction of sp³-hybridized carbons (Fsp3) is 0.667. The lowest BCUT2D eigenvalue weighted by molar-refractivity contribution is -0.383.